The second kappa shape index (κ2) is 8.71. The summed E-state index contributed by atoms with van der Waals surface area (Å²) in [5.41, 5.74) is 2.58. The van der Waals surface area contributed by atoms with E-state index in [9.17, 15) is 14.4 Å². The van der Waals surface area contributed by atoms with Crippen LogP contribution in [0, 0.1) is 5.92 Å². The minimum absolute atomic E-state index is 0.0752. The van der Waals surface area contributed by atoms with Crippen LogP contribution in [0.2, 0.25) is 0 Å². The Balaban J connectivity index is 1.37. The van der Waals surface area contributed by atoms with E-state index in [0.717, 1.165) is 40.8 Å². The van der Waals surface area contributed by atoms with Crippen LogP contribution in [0.4, 0.5) is 5.69 Å². The SMILES string of the molecule is CCn1cnc2cc(NC(=O)C[C@H]3CCCN(C(=O)c4ccc(=O)n(C)n4)C3)ccc21. The molecule has 1 N–H and O–H groups in total. The van der Waals surface area contributed by atoms with Gasteiger partial charge in [-0.1, -0.05) is 0 Å². The van der Waals surface area contributed by atoms with Crippen LogP contribution in [-0.4, -0.2) is 49.1 Å². The molecule has 9 heteroatoms. The molecular formula is C22H26N6O3. The van der Waals surface area contributed by atoms with Crippen LogP contribution in [0.5, 0.6) is 0 Å². The van der Waals surface area contributed by atoms with Crippen LogP contribution in [0.15, 0.2) is 41.5 Å². The number of amides is 2. The number of nitrogens with one attached hydrogen (secondary N) is 1. The molecule has 1 aromatic carbocycles. The number of benzene rings is 1. The van der Waals surface area contributed by atoms with Gasteiger partial charge in [0.15, 0.2) is 0 Å². The summed E-state index contributed by atoms with van der Waals surface area (Å²) in [4.78, 5) is 43.0. The van der Waals surface area contributed by atoms with Crippen molar-refractivity contribution in [1.82, 2.24) is 24.2 Å². The van der Waals surface area contributed by atoms with Crippen LogP contribution < -0.4 is 10.9 Å². The van der Waals surface area contributed by atoms with Crippen molar-refractivity contribution in [3.63, 3.8) is 0 Å². The summed E-state index contributed by atoms with van der Waals surface area (Å²) in [7, 11) is 1.52. The van der Waals surface area contributed by atoms with E-state index in [1.54, 1.807) is 11.2 Å². The maximum atomic E-state index is 12.8. The second-order valence-corrected chi connectivity index (χ2v) is 7.93. The van der Waals surface area contributed by atoms with E-state index >= 15 is 0 Å². The molecule has 3 aromatic rings. The number of aromatic nitrogens is 4. The molecule has 1 aliphatic rings. The summed E-state index contributed by atoms with van der Waals surface area (Å²) >= 11 is 0. The number of carbonyl (C=O) groups is 2. The zero-order valence-corrected chi connectivity index (χ0v) is 17.7. The van der Waals surface area contributed by atoms with Gasteiger partial charge in [-0.25, -0.2) is 9.67 Å². The number of likely N-dealkylation sites (tertiary alicyclic amines) is 1. The molecule has 0 spiro atoms. The minimum Gasteiger partial charge on any atom is -0.337 e. The number of anilines is 1. The van der Waals surface area contributed by atoms with Crippen LogP contribution >= 0.6 is 0 Å². The summed E-state index contributed by atoms with van der Waals surface area (Å²) in [5, 5.41) is 7.00. The predicted molar refractivity (Wildman–Crippen MR) is 117 cm³/mol. The molecule has 4 rings (SSSR count). The molecule has 0 radical (unpaired) electrons. The quantitative estimate of drug-likeness (QED) is 0.678. The lowest BCUT2D eigenvalue weighted by molar-refractivity contribution is -0.117. The van der Waals surface area contributed by atoms with E-state index in [2.05, 4.69) is 22.3 Å². The van der Waals surface area contributed by atoms with E-state index in [1.807, 2.05) is 22.8 Å². The Bertz CT molecular complexity index is 1180. The van der Waals surface area contributed by atoms with E-state index in [-0.39, 0.29) is 29.0 Å². The fourth-order valence-electron chi connectivity index (χ4n) is 4.06. The topological polar surface area (TPSA) is 102 Å². The highest BCUT2D eigenvalue weighted by atomic mass is 16.2. The fourth-order valence-corrected chi connectivity index (χ4v) is 4.06. The zero-order valence-electron chi connectivity index (χ0n) is 17.7. The maximum absolute atomic E-state index is 12.8. The van der Waals surface area contributed by atoms with Crippen molar-refractivity contribution in [2.75, 3.05) is 18.4 Å². The normalized spacial score (nSPS) is 16.5. The number of nitrogens with zero attached hydrogens (tertiary/aromatic N) is 5. The number of rotatable bonds is 5. The summed E-state index contributed by atoms with van der Waals surface area (Å²) < 4.78 is 3.20. The van der Waals surface area contributed by atoms with Gasteiger partial charge in [-0.3, -0.25) is 14.4 Å². The smallest absolute Gasteiger partial charge is 0.274 e. The minimum atomic E-state index is -0.260. The number of hydrogen-bond acceptors (Lipinski definition) is 5. The maximum Gasteiger partial charge on any atom is 0.274 e. The number of fused-ring (bicyclic) bond motifs is 1. The molecule has 9 nitrogen and oxygen atoms in total. The first-order chi connectivity index (χ1) is 14.9. The number of aryl methyl sites for hydroxylation is 2. The van der Waals surface area contributed by atoms with Gasteiger partial charge in [0.1, 0.15) is 5.69 Å². The van der Waals surface area contributed by atoms with Crippen LogP contribution in [0.1, 0.15) is 36.7 Å². The summed E-state index contributed by atoms with van der Waals surface area (Å²) in [6, 6.07) is 8.52. The third-order valence-corrected chi connectivity index (χ3v) is 5.71. The Kier molecular flexibility index (Phi) is 5.83. The Hall–Kier alpha value is -3.49. The molecule has 1 aliphatic heterocycles. The number of piperidine rings is 1. The second-order valence-electron chi connectivity index (χ2n) is 7.93. The van der Waals surface area contributed by atoms with Crippen molar-refractivity contribution >= 4 is 28.5 Å². The van der Waals surface area contributed by atoms with Gasteiger partial charge in [-0.05, 0) is 49.9 Å². The first-order valence-electron chi connectivity index (χ1n) is 10.5. The summed E-state index contributed by atoms with van der Waals surface area (Å²) in [5.74, 6) is -0.209. The fraction of sp³-hybridized carbons (Fsp3) is 0.409. The Morgan fingerprint density at radius 1 is 1.23 bits per heavy atom. The number of imidazole rings is 1. The predicted octanol–water partition coefficient (Wildman–Crippen LogP) is 2.03. The molecule has 2 aromatic heterocycles. The summed E-state index contributed by atoms with van der Waals surface area (Å²) in [6.07, 6.45) is 3.85. The molecule has 31 heavy (non-hydrogen) atoms. The van der Waals surface area contributed by atoms with Crippen LogP contribution in [0.3, 0.4) is 0 Å². The first kappa shape index (κ1) is 20.8. The highest BCUT2D eigenvalue weighted by Gasteiger charge is 2.27. The van der Waals surface area contributed by atoms with Crippen LogP contribution in [0.25, 0.3) is 11.0 Å². The lowest BCUT2D eigenvalue weighted by Crippen LogP contribution is -2.41. The monoisotopic (exact) mass is 422 g/mol. The molecule has 1 saturated heterocycles. The van der Waals surface area contributed by atoms with Gasteiger partial charge in [-0.15, -0.1) is 0 Å². The van der Waals surface area contributed by atoms with E-state index in [1.165, 1.54) is 19.2 Å². The first-order valence-corrected chi connectivity index (χ1v) is 10.5. The molecule has 0 saturated carbocycles. The van der Waals surface area contributed by atoms with Crippen molar-refractivity contribution in [2.24, 2.45) is 13.0 Å². The molecule has 3 heterocycles. The van der Waals surface area contributed by atoms with Crippen molar-refractivity contribution < 1.29 is 9.59 Å². The Labute approximate surface area is 179 Å². The largest absolute Gasteiger partial charge is 0.337 e. The van der Waals surface area contributed by atoms with Gasteiger partial charge in [0.2, 0.25) is 5.91 Å². The molecule has 0 unspecified atom stereocenters. The van der Waals surface area contributed by atoms with Crippen molar-refractivity contribution in [1.29, 1.82) is 0 Å². The van der Waals surface area contributed by atoms with Crippen molar-refractivity contribution in [3.8, 4) is 0 Å². The molecular weight excluding hydrogens is 396 g/mol. The van der Waals surface area contributed by atoms with E-state index < -0.39 is 0 Å². The average molecular weight is 422 g/mol. The van der Waals surface area contributed by atoms with Crippen LogP contribution in [-0.2, 0) is 18.4 Å². The molecule has 162 valence electrons. The van der Waals surface area contributed by atoms with E-state index in [0.29, 0.717) is 19.5 Å². The number of hydrogen-bond donors (Lipinski definition) is 1. The highest BCUT2D eigenvalue weighted by Crippen LogP contribution is 2.23. The molecule has 2 amide bonds. The zero-order chi connectivity index (χ0) is 22.0. The standard InChI is InChI=1S/C22H26N6O3/c1-3-27-14-23-18-12-16(6-8-19(18)27)24-20(29)11-15-5-4-10-28(13-15)22(31)17-7-9-21(30)26(2)25-17/h6-9,12,14-15H,3-5,10-11,13H2,1-2H3,(H,24,29)/t15-/m1/s1. The lowest BCUT2D eigenvalue weighted by atomic mass is 9.94. The highest BCUT2D eigenvalue weighted by molar-refractivity contribution is 5.94. The lowest BCUT2D eigenvalue weighted by Gasteiger charge is -2.32. The Morgan fingerprint density at radius 3 is 2.84 bits per heavy atom. The van der Waals surface area contributed by atoms with Gasteiger partial charge >= 0.3 is 0 Å². The molecule has 1 fully saturated rings. The summed E-state index contributed by atoms with van der Waals surface area (Å²) in [6.45, 7) is 4.02. The van der Waals surface area contributed by atoms with Gasteiger partial charge in [0.05, 0.1) is 17.4 Å². The molecule has 0 bridgehead atoms. The third-order valence-electron chi connectivity index (χ3n) is 5.71. The van der Waals surface area contributed by atoms with Gasteiger partial charge in [0, 0.05) is 44.9 Å². The van der Waals surface area contributed by atoms with Gasteiger partial charge in [0.25, 0.3) is 11.5 Å². The van der Waals surface area contributed by atoms with Crippen molar-refractivity contribution in [2.45, 2.75) is 32.7 Å². The molecule has 1 atom stereocenters. The third kappa shape index (κ3) is 4.50. The van der Waals surface area contributed by atoms with Gasteiger partial charge < -0.3 is 14.8 Å². The Morgan fingerprint density at radius 2 is 2.06 bits per heavy atom. The van der Waals surface area contributed by atoms with Crippen molar-refractivity contribution in [3.05, 3.63) is 52.7 Å². The average Bonchev–Trinajstić information content (AvgIpc) is 3.17. The van der Waals surface area contributed by atoms with Gasteiger partial charge in [-0.2, -0.15) is 5.10 Å². The number of carbonyl (C=O) groups excluding carboxylic acids is 2. The van der Waals surface area contributed by atoms with E-state index in [4.69, 9.17) is 0 Å². The molecule has 0 aliphatic carbocycles.